The molecule has 0 aromatic carbocycles. The number of carboxylic acids is 1. The first-order chi connectivity index (χ1) is 7.55. The summed E-state index contributed by atoms with van der Waals surface area (Å²) in [7, 11) is 0. The molecule has 0 spiro atoms. The highest BCUT2D eigenvalue weighted by Crippen LogP contribution is 2.39. The summed E-state index contributed by atoms with van der Waals surface area (Å²) in [6, 6.07) is 0. The van der Waals surface area contributed by atoms with Crippen LogP contribution in [0, 0.1) is 5.92 Å². The van der Waals surface area contributed by atoms with Gasteiger partial charge in [0.05, 0.1) is 5.92 Å². The van der Waals surface area contributed by atoms with Gasteiger partial charge in [-0.05, 0) is 19.4 Å². The van der Waals surface area contributed by atoms with Crippen LogP contribution in [-0.2, 0) is 4.79 Å². The lowest BCUT2D eigenvalue weighted by molar-refractivity contribution is -0.141. The van der Waals surface area contributed by atoms with Gasteiger partial charge in [0.1, 0.15) is 0 Å². The lowest BCUT2D eigenvalue weighted by Gasteiger charge is -2.31. The van der Waals surface area contributed by atoms with Crippen LogP contribution in [0.2, 0.25) is 0 Å². The van der Waals surface area contributed by atoms with Crippen LogP contribution < -0.4 is 0 Å². The third kappa shape index (κ3) is 2.01. The van der Waals surface area contributed by atoms with Crippen molar-refractivity contribution in [2.75, 3.05) is 18.8 Å². The Morgan fingerprint density at radius 3 is 3.06 bits per heavy atom. The smallest absolute Gasteiger partial charge is 0.307 e. The monoisotopic (exact) mass is 240 g/mol. The van der Waals surface area contributed by atoms with Crippen molar-refractivity contribution in [2.24, 2.45) is 10.9 Å². The number of allylic oxidation sites excluding steroid dienone is 1. The van der Waals surface area contributed by atoms with E-state index in [0.29, 0.717) is 6.54 Å². The molecule has 1 fully saturated rings. The second-order valence-electron chi connectivity index (χ2n) is 4.30. The molecule has 2 rings (SSSR count). The summed E-state index contributed by atoms with van der Waals surface area (Å²) in [6.07, 6.45) is 2.51. The van der Waals surface area contributed by atoms with Gasteiger partial charge < -0.3 is 5.11 Å². The van der Waals surface area contributed by atoms with E-state index < -0.39 is 5.97 Å². The summed E-state index contributed by atoms with van der Waals surface area (Å²) in [5.41, 5.74) is 1.01. The Hall–Kier alpha value is -0.810. The Labute approximate surface area is 99.4 Å². The predicted octanol–water partition coefficient (Wildman–Crippen LogP) is 1.44. The SMILES string of the molecule is C=CC1=NC(C)(N2CCC(C(=O)O)C2)SC1. The topological polar surface area (TPSA) is 52.9 Å². The number of nitrogens with zero attached hydrogens (tertiary/aromatic N) is 2. The Balaban J connectivity index is 2.07. The average molecular weight is 240 g/mol. The molecule has 0 saturated carbocycles. The lowest BCUT2D eigenvalue weighted by Crippen LogP contribution is -2.39. The fourth-order valence-electron chi connectivity index (χ4n) is 2.15. The van der Waals surface area contributed by atoms with Gasteiger partial charge in [-0.15, -0.1) is 11.8 Å². The lowest BCUT2D eigenvalue weighted by atomic mass is 10.1. The van der Waals surface area contributed by atoms with E-state index in [2.05, 4.69) is 23.4 Å². The Morgan fingerprint density at radius 1 is 1.81 bits per heavy atom. The molecule has 0 aliphatic carbocycles. The van der Waals surface area contributed by atoms with Gasteiger partial charge >= 0.3 is 5.97 Å². The third-order valence-corrected chi connectivity index (χ3v) is 4.54. The molecular formula is C11H16N2O2S. The summed E-state index contributed by atoms with van der Waals surface area (Å²) >= 11 is 1.75. The molecule has 0 amide bonds. The number of carbonyl (C=O) groups is 1. The molecule has 5 heteroatoms. The normalized spacial score (nSPS) is 35.1. The number of thioether (sulfide) groups is 1. The van der Waals surface area contributed by atoms with Crippen LogP contribution in [0.25, 0.3) is 0 Å². The number of hydrogen-bond acceptors (Lipinski definition) is 4. The number of rotatable bonds is 3. The van der Waals surface area contributed by atoms with Crippen LogP contribution in [0.4, 0.5) is 0 Å². The van der Waals surface area contributed by atoms with Crippen molar-refractivity contribution in [2.45, 2.75) is 18.3 Å². The van der Waals surface area contributed by atoms with Gasteiger partial charge in [0.2, 0.25) is 0 Å². The summed E-state index contributed by atoms with van der Waals surface area (Å²) in [4.78, 5) is 17.4. The first-order valence-electron chi connectivity index (χ1n) is 5.38. The standard InChI is InChI=1S/C11H16N2O2S/c1-3-9-7-16-11(2,12-9)13-5-4-8(6-13)10(14)15/h3,8H,1,4-7H2,2H3,(H,14,15). The number of carboxylic acid groups (broad SMARTS) is 1. The minimum atomic E-state index is -0.693. The molecule has 0 aromatic heterocycles. The quantitative estimate of drug-likeness (QED) is 0.811. The summed E-state index contributed by atoms with van der Waals surface area (Å²) in [5, 5.41) is 8.97. The average Bonchev–Trinajstić information content (AvgIpc) is 2.84. The predicted molar refractivity (Wildman–Crippen MR) is 65.8 cm³/mol. The van der Waals surface area contributed by atoms with Crippen molar-refractivity contribution in [1.29, 1.82) is 0 Å². The minimum absolute atomic E-state index is 0.236. The van der Waals surface area contributed by atoms with Crippen LogP contribution >= 0.6 is 11.8 Å². The second-order valence-corrected chi connectivity index (χ2v) is 5.65. The molecule has 88 valence electrons. The van der Waals surface area contributed by atoms with E-state index in [-0.39, 0.29) is 10.9 Å². The highest BCUT2D eigenvalue weighted by atomic mass is 32.2. The molecule has 2 heterocycles. The number of hydrogen-bond donors (Lipinski definition) is 1. The van der Waals surface area contributed by atoms with Crippen LogP contribution in [-0.4, -0.2) is 45.5 Å². The number of aliphatic carboxylic acids is 1. The van der Waals surface area contributed by atoms with E-state index in [1.54, 1.807) is 17.8 Å². The Bertz CT molecular complexity index is 356. The zero-order chi connectivity index (χ0) is 11.8. The van der Waals surface area contributed by atoms with Crippen molar-refractivity contribution in [3.05, 3.63) is 12.7 Å². The summed E-state index contributed by atoms with van der Waals surface area (Å²) in [5.74, 6) is -0.0590. The van der Waals surface area contributed by atoms with Crippen LogP contribution in [0.3, 0.4) is 0 Å². The van der Waals surface area contributed by atoms with Crippen molar-refractivity contribution in [3.63, 3.8) is 0 Å². The van der Waals surface area contributed by atoms with Gasteiger partial charge in [0.15, 0.2) is 4.99 Å². The molecular weight excluding hydrogens is 224 g/mol. The highest BCUT2D eigenvalue weighted by Gasteiger charge is 2.41. The number of aliphatic imine (C=N–C) groups is 1. The van der Waals surface area contributed by atoms with Crippen LogP contribution in [0.5, 0.6) is 0 Å². The van der Waals surface area contributed by atoms with Crippen molar-refractivity contribution < 1.29 is 9.90 Å². The van der Waals surface area contributed by atoms with E-state index in [9.17, 15) is 4.79 Å². The molecule has 1 N–H and O–H groups in total. The van der Waals surface area contributed by atoms with E-state index >= 15 is 0 Å². The van der Waals surface area contributed by atoms with E-state index in [1.165, 1.54) is 0 Å². The fourth-order valence-corrected chi connectivity index (χ4v) is 3.28. The summed E-state index contributed by atoms with van der Waals surface area (Å²) < 4.78 is 0. The Morgan fingerprint density at radius 2 is 2.56 bits per heavy atom. The van der Waals surface area contributed by atoms with E-state index in [4.69, 9.17) is 5.11 Å². The largest absolute Gasteiger partial charge is 0.481 e. The van der Waals surface area contributed by atoms with Gasteiger partial charge in [0.25, 0.3) is 0 Å². The summed E-state index contributed by atoms with van der Waals surface area (Å²) in [6.45, 7) is 7.19. The minimum Gasteiger partial charge on any atom is -0.481 e. The molecule has 2 aliphatic rings. The Kier molecular flexibility index (Phi) is 3.08. The first kappa shape index (κ1) is 11.7. The number of likely N-dealkylation sites (tertiary alicyclic amines) is 1. The van der Waals surface area contributed by atoms with Crippen LogP contribution in [0.1, 0.15) is 13.3 Å². The molecule has 2 aliphatic heterocycles. The first-order valence-corrected chi connectivity index (χ1v) is 6.37. The molecule has 2 unspecified atom stereocenters. The van der Waals surface area contributed by atoms with Gasteiger partial charge in [0, 0.05) is 24.6 Å². The van der Waals surface area contributed by atoms with Crippen molar-refractivity contribution in [3.8, 4) is 0 Å². The maximum atomic E-state index is 10.9. The second kappa shape index (κ2) is 4.22. The van der Waals surface area contributed by atoms with E-state index in [1.807, 2.05) is 0 Å². The fraction of sp³-hybridized carbons (Fsp3) is 0.636. The van der Waals surface area contributed by atoms with Gasteiger partial charge in [-0.1, -0.05) is 6.58 Å². The van der Waals surface area contributed by atoms with Gasteiger partial charge in [-0.2, -0.15) is 0 Å². The zero-order valence-electron chi connectivity index (χ0n) is 9.35. The maximum absolute atomic E-state index is 10.9. The highest BCUT2D eigenvalue weighted by molar-refractivity contribution is 8.01. The zero-order valence-corrected chi connectivity index (χ0v) is 10.2. The molecule has 16 heavy (non-hydrogen) atoms. The van der Waals surface area contributed by atoms with Gasteiger partial charge in [-0.25, -0.2) is 0 Å². The van der Waals surface area contributed by atoms with Crippen molar-refractivity contribution >= 4 is 23.4 Å². The maximum Gasteiger partial charge on any atom is 0.307 e. The van der Waals surface area contributed by atoms with Gasteiger partial charge in [-0.3, -0.25) is 14.7 Å². The van der Waals surface area contributed by atoms with E-state index in [0.717, 1.165) is 24.4 Å². The molecule has 4 nitrogen and oxygen atoms in total. The van der Waals surface area contributed by atoms with Crippen molar-refractivity contribution in [1.82, 2.24) is 4.90 Å². The molecule has 0 bridgehead atoms. The molecule has 0 aromatic rings. The third-order valence-electron chi connectivity index (χ3n) is 3.20. The van der Waals surface area contributed by atoms with Crippen LogP contribution in [0.15, 0.2) is 17.6 Å². The molecule has 1 saturated heterocycles. The molecule has 2 atom stereocenters. The molecule has 0 radical (unpaired) electrons.